The number of carbonyl (C=O) groups is 2. The molecule has 0 radical (unpaired) electrons. The molecule has 2 aromatic carbocycles. The van der Waals surface area contributed by atoms with Crippen molar-refractivity contribution in [3.63, 3.8) is 0 Å². The van der Waals surface area contributed by atoms with Crippen molar-refractivity contribution in [3.8, 4) is 0 Å². The third kappa shape index (κ3) is 3.95. The third-order valence-corrected chi connectivity index (χ3v) is 5.61. The second kappa shape index (κ2) is 8.30. The highest BCUT2D eigenvalue weighted by Gasteiger charge is 2.37. The minimum absolute atomic E-state index is 0.00700. The van der Waals surface area contributed by atoms with E-state index in [4.69, 9.17) is 9.72 Å². The quantitative estimate of drug-likeness (QED) is 0.580. The van der Waals surface area contributed by atoms with Gasteiger partial charge in [0.1, 0.15) is 12.4 Å². The number of fused-ring (bicyclic) bond motifs is 1. The van der Waals surface area contributed by atoms with Crippen LogP contribution in [0.25, 0.3) is 11.0 Å². The predicted molar refractivity (Wildman–Crippen MR) is 115 cm³/mol. The summed E-state index contributed by atoms with van der Waals surface area (Å²) in [5.74, 6) is 0.517. The number of ether oxygens (including phenoxy) is 1. The first-order valence-corrected chi connectivity index (χ1v) is 10.4. The van der Waals surface area contributed by atoms with E-state index in [0.29, 0.717) is 13.0 Å². The topological polar surface area (TPSA) is 64.4 Å². The lowest BCUT2D eigenvalue weighted by Gasteiger charge is -2.25. The van der Waals surface area contributed by atoms with Gasteiger partial charge in [-0.15, -0.1) is 0 Å². The van der Waals surface area contributed by atoms with Gasteiger partial charge in [-0.1, -0.05) is 42.5 Å². The smallest absolute Gasteiger partial charge is 0.326 e. The molecule has 6 heteroatoms. The minimum atomic E-state index is -0.298. The lowest BCUT2D eigenvalue weighted by molar-refractivity contribution is -0.148. The molecule has 30 heavy (non-hydrogen) atoms. The van der Waals surface area contributed by atoms with Crippen LogP contribution in [0.2, 0.25) is 0 Å². The largest absolute Gasteiger partial charge is 0.462 e. The number of amides is 1. The van der Waals surface area contributed by atoms with Gasteiger partial charge in [0.05, 0.1) is 23.2 Å². The molecule has 3 aromatic rings. The number of esters is 1. The molecule has 0 aliphatic carbocycles. The Balaban J connectivity index is 1.64. The van der Waals surface area contributed by atoms with Crippen molar-refractivity contribution < 1.29 is 14.3 Å². The Morgan fingerprint density at radius 2 is 1.80 bits per heavy atom. The van der Waals surface area contributed by atoms with Gasteiger partial charge in [0.15, 0.2) is 0 Å². The molecule has 1 aliphatic rings. The van der Waals surface area contributed by atoms with E-state index in [9.17, 15) is 9.59 Å². The van der Waals surface area contributed by atoms with E-state index in [-0.39, 0.29) is 36.5 Å². The zero-order chi connectivity index (χ0) is 21.3. The maximum absolute atomic E-state index is 12.9. The van der Waals surface area contributed by atoms with Crippen molar-refractivity contribution in [1.29, 1.82) is 0 Å². The van der Waals surface area contributed by atoms with E-state index in [1.165, 1.54) is 0 Å². The van der Waals surface area contributed by atoms with Crippen LogP contribution < -0.4 is 0 Å². The Kier molecular flexibility index (Phi) is 5.57. The Morgan fingerprint density at radius 3 is 2.53 bits per heavy atom. The van der Waals surface area contributed by atoms with Crippen molar-refractivity contribution in [2.24, 2.45) is 0 Å². The molecular weight excluding hydrogens is 378 g/mol. The van der Waals surface area contributed by atoms with Gasteiger partial charge in [-0.25, -0.2) is 4.98 Å². The maximum Gasteiger partial charge on any atom is 0.326 e. The van der Waals surface area contributed by atoms with E-state index >= 15 is 0 Å². The molecule has 6 nitrogen and oxygen atoms in total. The number of hydrogen-bond donors (Lipinski definition) is 0. The fourth-order valence-corrected chi connectivity index (χ4v) is 4.19. The van der Waals surface area contributed by atoms with Gasteiger partial charge in [0.25, 0.3) is 0 Å². The average Bonchev–Trinajstić information content (AvgIpc) is 3.28. The summed E-state index contributed by atoms with van der Waals surface area (Å²) in [6.07, 6.45) is 0.214. The number of imidazole rings is 1. The number of likely N-dealkylation sites (tertiary alicyclic amines) is 1. The summed E-state index contributed by atoms with van der Waals surface area (Å²) in [4.78, 5) is 32.0. The van der Waals surface area contributed by atoms with E-state index in [0.717, 1.165) is 22.4 Å². The summed E-state index contributed by atoms with van der Waals surface area (Å²) in [6, 6.07) is 17.8. The van der Waals surface area contributed by atoms with Crippen LogP contribution in [0.1, 0.15) is 50.5 Å². The molecule has 2 unspecified atom stereocenters. The van der Waals surface area contributed by atoms with Crippen LogP contribution in [0, 0.1) is 0 Å². The molecular formula is C24H27N3O3. The fourth-order valence-electron chi connectivity index (χ4n) is 4.19. The standard InChI is InChI=1S/C24H27N3O3/c1-16(2)30-23(29)15-27-21-12-8-7-11-20(21)25-24(27)19-13-22(28)26(14-19)17(3)18-9-5-4-6-10-18/h4-12,16-17,19H,13-15H2,1-3H3. The molecule has 1 aromatic heterocycles. The Morgan fingerprint density at radius 1 is 1.10 bits per heavy atom. The van der Waals surface area contributed by atoms with Crippen molar-refractivity contribution in [3.05, 3.63) is 66.0 Å². The van der Waals surface area contributed by atoms with E-state index in [1.807, 2.05) is 77.9 Å². The van der Waals surface area contributed by atoms with E-state index < -0.39 is 0 Å². The van der Waals surface area contributed by atoms with Crippen LogP contribution in [-0.2, 0) is 20.9 Å². The summed E-state index contributed by atoms with van der Waals surface area (Å²) in [6.45, 7) is 6.40. The fraction of sp³-hybridized carbons (Fsp3) is 0.375. The van der Waals surface area contributed by atoms with Crippen molar-refractivity contribution in [2.45, 2.75) is 51.8 Å². The molecule has 1 amide bonds. The van der Waals surface area contributed by atoms with Crippen molar-refractivity contribution in [1.82, 2.24) is 14.5 Å². The number of carbonyl (C=O) groups excluding carboxylic acids is 2. The van der Waals surface area contributed by atoms with Gasteiger partial charge >= 0.3 is 5.97 Å². The monoisotopic (exact) mass is 405 g/mol. The average molecular weight is 405 g/mol. The zero-order valence-electron chi connectivity index (χ0n) is 17.6. The number of para-hydroxylation sites is 2. The molecule has 2 atom stereocenters. The molecule has 1 saturated heterocycles. The minimum Gasteiger partial charge on any atom is -0.462 e. The van der Waals surface area contributed by atoms with Crippen molar-refractivity contribution >= 4 is 22.9 Å². The second-order valence-corrected chi connectivity index (χ2v) is 8.12. The summed E-state index contributed by atoms with van der Waals surface area (Å²) >= 11 is 0. The lowest BCUT2D eigenvalue weighted by atomic mass is 10.1. The maximum atomic E-state index is 12.9. The molecule has 156 valence electrons. The van der Waals surface area contributed by atoms with Gasteiger partial charge in [0, 0.05) is 18.9 Å². The van der Waals surface area contributed by atoms with E-state index in [2.05, 4.69) is 6.92 Å². The summed E-state index contributed by atoms with van der Waals surface area (Å²) in [5, 5.41) is 0. The van der Waals surface area contributed by atoms with Crippen LogP contribution >= 0.6 is 0 Å². The van der Waals surface area contributed by atoms with Crippen LogP contribution in [0.3, 0.4) is 0 Å². The predicted octanol–water partition coefficient (Wildman–Crippen LogP) is 4.07. The van der Waals surface area contributed by atoms with Gasteiger partial charge in [-0.3, -0.25) is 9.59 Å². The molecule has 0 N–H and O–H groups in total. The first kappa shape index (κ1) is 20.1. The van der Waals surface area contributed by atoms with Gasteiger partial charge in [-0.2, -0.15) is 0 Å². The van der Waals surface area contributed by atoms with Crippen LogP contribution in [0.4, 0.5) is 0 Å². The SMILES string of the molecule is CC(C)OC(=O)Cn1c(C2CC(=O)N(C(C)c3ccccc3)C2)nc2ccccc21. The Hall–Kier alpha value is -3.15. The molecule has 2 heterocycles. The molecule has 0 bridgehead atoms. The third-order valence-electron chi connectivity index (χ3n) is 5.61. The second-order valence-electron chi connectivity index (χ2n) is 8.12. The molecule has 0 spiro atoms. The molecule has 1 fully saturated rings. The Labute approximate surface area is 176 Å². The Bertz CT molecular complexity index is 1060. The van der Waals surface area contributed by atoms with Crippen LogP contribution in [-0.4, -0.2) is 39.0 Å². The van der Waals surface area contributed by atoms with Gasteiger partial charge in [0.2, 0.25) is 5.91 Å². The van der Waals surface area contributed by atoms with Gasteiger partial charge < -0.3 is 14.2 Å². The van der Waals surface area contributed by atoms with Crippen LogP contribution in [0.5, 0.6) is 0 Å². The molecule has 1 aliphatic heterocycles. The number of aromatic nitrogens is 2. The summed E-state index contributed by atoms with van der Waals surface area (Å²) in [5.41, 5.74) is 2.82. The first-order valence-electron chi connectivity index (χ1n) is 10.4. The highest BCUT2D eigenvalue weighted by atomic mass is 16.5. The summed E-state index contributed by atoms with van der Waals surface area (Å²) in [7, 11) is 0. The molecule has 4 rings (SSSR count). The van der Waals surface area contributed by atoms with Crippen LogP contribution in [0.15, 0.2) is 54.6 Å². The highest BCUT2D eigenvalue weighted by molar-refractivity contribution is 5.82. The van der Waals surface area contributed by atoms with E-state index in [1.54, 1.807) is 0 Å². The number of benzene rings is 2. The first-order chi connectivity index (χ1) is 14.4. The molecule has 0 saturated carbocycles. The lowest BCUT2D eigenvalue weighted by Crippen LogP contribution is -2.28. The zero-order valence-corrected chi connectivity index (χ0v) is 17.6. The summed E-state index contributed by atoms with van der Waals surface area (Å²) < 4.78 is 7.27. The number of hydrogen-bond acceptors (Lipinski definition) is 4. The number of nitrogens with zero attached hydrogens (tertiary/aromatic N) is 3. The van der Waals surface area contributed by atoms with Crippen molar-refractivity contribution in [2.75, 3.05) is 6.54 Å². The number of rotatable bonds is 6. The normalized spacial score (nSPS) is 17.7. The highest BCUT2D eigenvalue weighted by Crippen LogP contribution is 2.35. The van der Waals surface area contributed by atoms with Gasteiger partial charge in [-0.05, 0) is 38.5 Å².